The normalized spacial score (nSPS) is 12.3. The van der Waals surface area contributed by atoms with Crippen LogP contribution in [0, 0.1) is 0 Å². The van der Waals surface area contributed by atoms with Crippen molar-refractivity contribution in [2.24, 2.45) is 0 Å². The molecule has 0 spiro atoms. The van der Waals surface area contributed by atoms with E-state index in [2.05, 4.69) is 16.0 Å². The van der Waals surface area contributed by atoms with E-state index >= 15 is 0 Å². The quantitative estimate of drug-likeness (QED) is 0.132. The Bertz CT molecular complexity index is 1340. The molecule has 0 saturated carbocycles. The number of amides is 1. The number of fused-ring (bicyclic) bond motifs is 1. The highest BCUT2D eigenvalue weighted by molar-refractivity contribution is 8.00. The molecule has 7 nitrogen and oxygen atoms in total. The SMILES string of the molecule is COC(=O)c1c(NC(=O)CSc2cccc(NC(=S)Nc3ccc(C(C)=O)cc3)c2)sc2c1CCCC2. The minimum Gasteiger partial charge on any atom is -0.465 e. The Balaban J connectivity index is 1.33. The fourth-order valence-corrected chi connectivity index (χ4v) is 6.31. The molecule has 0 bridgehead atoms. The third-order valence-corrected chi connectivity index (χ3v) is 8.23. The van der Waals surface area contributed by atoms with Crippen molar-refractivity contribution in [1.82, 2.24) is 0 Å². The first-order valence-electron chi connectivity index (χ1n) is 11.8. The van der Waals surface area contributed by atoms with Gasteiger partial charge in [0.25, 0.3) is 0 Å². The number of ether oxygens (including phenoxy) is 1. The highest BCUT2D eigenvalue weighted by Crippen LogP contribution is 2.38. The Morgan fingerprint density at radius 2 is 1.73 bits per heavy atom. The fourth-order valence-electron chi connectivity index (χ4n) is 4.03. The van der Waals surface area contributed by atoms with E-state index in [1.807, 2.05) is 24.3 Å². The Hall–Kier alpha value is -3.21. The summed E-state index contributed by atoms with van der Waals surface area (Å²) in [5.74, 6) is -0.384. The van der Waals surface area contributed by atoms with Crippen molar-refractivity contribution in [3.05, 3.63) is 70.1 Å². The highest BCUT2D eigenvalue weighted by atomic mass is 32.2. The highest BCUT2D eigenvalue weighted by Gasteiger charge is 2.26. The third-order valence-electron chi connectivity index (χ3n) is 5.82. The van der Waals surface area contributed by atoms with Crippen molar-refractivity contribution >= 4 is 74.5 Å². The van der Waals surface area contributed by atoms with Gasteiger partial charge in [-0.3, -0.25) is 9.59 Å². The van der Waals surface area contributed by atoms with Crippen molar-refractivity contribution in [2.75, 3.05) is 28.8 Å². The molecule has 1 aliphatic carbocycles. The Labute approximate surface area is 229 Å². The summed E-state index contributed by atoms with van der Waals surface area (Å²) in [6.45, 7) is 1.53. The van der Waals surface area contributed by atoms with E-state index in [1.54, 1.807) is 24.3 Å². The summed E-state index contributed by atoms with van der Waals surface area (Å²) < 4.78 is 4.98. The van der Waals surface area contributed by atoms with Crippen LogP contribution >= 0.6 is 35.3 Å². The molecule has 3 aromatic rings. The number of methoxy groups -OCH3 is 1. The number of benzene rings is 2. The lowest BCUT2D eigenvalue weighted by atomic mass is 9.95. The van der Waals surface area contributed by atoms with Crippen molar-refractivity contribution in [3.63, 3.8) is 0 Å². The van der Waals surface area contributed by atoms with E-state index in [0.717, 1.165) is 52.4 Å². The van der Waals surface area contributed by atoms with Gasteiger partial charge in [-0.05, 0) is 92.9 Å². The average Bonchev–Trinajstić information content (AvgIpc) is 3.25. The zero-order valence-corrected chi connectivity index (χ0v) is 23.0. The van der Waals surface area contributed by atoms with Crippen LogP contribution in [0.5, 0.6) is 0 Å². The van der Waals surface area contributed by atoms with Gasteiger partial charge in [0.05, 0.1) is 18.4 Å². The first-order valence-corrected chi connectivity index (χ1v) is 14.0. The molecule has 37 heavy (non-hydrogen) atoms. The maximum atomic E-state index is 12.7. The van der Waals surface area contributed by atoms with E-state index in [-0.39, 0.29) is 17.4 Å². The van der Waals surface area contributed by atoms with Crippen LogP contribution in [-0.2, 0) is 22.4 Å². The number of ketones is 1. The number of Topliss-reactive ketones (excluding diaryl/α,β-unsaturated/α-hetero) is 1. The van der Waals surface area contributed by atoms with Gasteiger partial charge in [-0.25, -0.2) is 4.79 Å². The topological polar surface area (TPSA) is 96.5 Å². The summed E-state index contributed by atoms with van der Waals surface area (Å²) in [6, 6.07) is 14.7. The summed E-state index contributed by atoms with van der Waals surface area (Å²) >= 11 is 8.28. The standard InChI is InChI=1S/C27H27N3O4S3/c1-16(31)17-10-12-18(13-11-17)28-27(35)29-19-6-5-7-20(14-19)36-15-23(32)30-25-24(26(33)34-2)21-8-3-4-9-22(21)37-25/h5-7,10-14H,3-4,8-9,15H2,1-2H3,(H,30,32)(H2,28,29,35). The lowest BCUT2D eigenvalue weighted by Gasteiger charge is -2.12. The van der Waals surface area contributed by atoms with Crippen molar-refractivity contribution in [1.29, 1.82) is 0 Å². The van der Waals surface area contributed by atoms with E-state index in [1.165, 1.54) is 37.1 Å². The number of nitrogens with one attached hydrogen (secondary N) is 3. The largest absolute Gasteiger partial charge is 0.465 e. The Kier molecular flexibility index (Phi) is 8.96. The monoisotopic (exact) mass is 553 g/mol. The predicted octanol–water partition coefficient (Wildman–Crippen LogP) is 6.16. The average molecular weight is 554 g/mol. The molecule has 1 heterocycles. The van der Waals surface area contributed by atoms with Gasteiger partial charge in [-0.2, -0.15) is 0 Å². The van der Waals surface area contributed by atoms with Crippen LogP contribution in [0.3, 0.4) is 0 Å². The molecule has 3 N–H and O–H groups in total. The molecule has 0 fully saturated rings. The molecular formula is C27H27N3O4S3. The smallest absolute Gasteiger partial charge is 0.341 e. The van der Waals surface area contributed by atoms with Crippen LogP contribution in [0.4, 0.5) is 16.4 Å². The predicted molar refractivity (Wildman–Crippen MR) is 154 cm³/mol. The summed E-state index contributed by atoms with van der Waals surface area (Å²) in [4.78, 5) is 38.6. The van der Waals surface area contributed by atoms with Crippen molar-refractivity contribution in [3.8, 4) is 0 Å². The number of thioether (sulfide) groups is 1. The molecule has 10 heteroatoms. The van der Waals surface area contributed by atoms with Crippen LogP contribution in [-0.4, -0.2) is 35.6 Å². The number of esters is 1. The molecule has 1 aromatic heterocycles. The van der Waals surface area contributed by atoms with Gasteiger partial charge in [-0.1, -0.05) is 6.07 Å². The first-order chi connectivity index (χ1) is 17.8. The Morgan fingerprint density at radius 1 is 1.00 bits per heavy atom. The lowest BCUT2D eigenvalue weighted by molar-refractivity contribution is -0.113. The number of hydrogen-bond donors (Lipinski definition) is 3. The molecule has 0 aliphatic heterocycles. The number of hydrogen-bond acceptors (Lipinski definition) is 7. The second-order valence-corrected chi connectivity index (χ2v) is 11.0. The van der Waals surface area contributed by atoms with Gasteiger partial charge >= 0.3 is 5.97 Å². The van der Waals surface area contributed by atoms with Gasteiger partial charge in [0.2, 0.25) is 5.91 Å². The molecule has 0 unspecified atom stereocenters. The molecule has 192 valence electrons. The van der Waals surface area contributed by atoms with E-state index in [4.69, 9.17) is 17.0 Å². The van der Waals surface area contributed by atoms with Gasteiger partial charge in [0.15, 0.2) is 10.9 Å². The van der Waals surface area contributed by atoms with Crippen LogP contribution in [0.2, 0.25) is 0 Å². The summed E-state index contributed by atoms with van der Waals surface area (Å²) in [5, 5.41) is 10.1. The fraction of sp³-hybridized carbons (Fsp3) is 0.259. The second kappa shape index (κ2) is 12.4. The van der Waals surface area contributed by atoms with Gasteiger partial charge in [0.1, 0.15) is 5.00 Å². The first kappa shape index (κ1) is 26.8. The van der Waals surface area contributed by atoms with E-state index in [0.29, 0.717) is 21.2 Å². The zero-order chi connectivity index (χ0) is 26.4. The van der Waals surface area contributed by atoms with Crippen molar-refractivity contribution in [2.45, 2.75) is 37.5 Å². The van der Waals surface area contributed by atoms with E-state index < -0.39 is 5.97 Å². The number of rotatable bonds is 8. The summed E-state index contributed by atoms with van der Waals surface area (Å²) in [5.41, 5.74) is 3.71. The number of carbonyl (C=O) groups excluding carboxylic acids is 3. The number of aryl methyl sites for hydroxylation is 1. The minimum atomic E-state index is -0.402. The number of carbonyl (C=O) groups is 3. The third kappa shape index (κ3) is 6.97. The van der Waals surface area contributed by atoms with Crippen LogP contribution in [0.25, 0.3) is 0 Å². The summed E-state index contributed by atoms with van der Waals surface area (Å²) in [7, 11) is 1.36. The maximum Gasteiger partial charge on any atom is 0.341 e. The van der Waals surface area contributed by atoms with Crippen LogP contribution < -0.4 is 16.0 Å². The van der Waals surface area contributed by atoms with Gasteiger partial charge < -0.3 is 20.7 Å². The Morgan fingerprint density at radius 3 is 2.46 bits per heavy atom. The van der Waals surface area contributed by atoms with Gasteiger partial charge in [-0.15, -0.1) is 23.1 Å². The van der Waals surface area contributed by atoms with Gasteiger partial charge in [0, 0.05) is 26.7 Å². The molecule has 0 atom stereocenters. The number of thiophene rings is 1. The minimum absolute atomic E-state index is 0.00802. The molecular weight excluding hydrogens is 527 g/mol. The number of anilines is 3. The molecule has 1 aliphatic rings. The second-order valence-electron chi connectivity index (χ2n) is 8.48. The molecule has 4 rings (SSSR count). The van der Waals surface area contributed by atoms with Crippen LogP contribution in [0.15, 0.2) is 53.4 Å². The lowest BCUT2D eigenvalue weighted by Crippen LogP contribution is -2.19. The van der Waals surface area contributed by atoms with Crippen LogP contribution in [0.1, 0.15) is 50.9 Å². The molecule has 0 saturated heterocycles. The summed E-state index contributed by atoms with van der Waals surface area (Å²) in [6.07, 6.45) is 3.88. The molecule has 0 radical (unpaired) electrons. The van der Waals surface area contributed by atoms with E-state index in [9.17, 15) is 14.4 Å². The number of thiocarbonyl (C=S) groups is 1. The maximum absolute atomic E-state index is 12.7. The van der Waals surface area contributed by atoms with Crippen molar-refractivity contribution < 1.29 is 19.1 Å². The zero-order valence-electron chi connectivity index (χ0n) is 20.5. The molecule has 2 aromatic carbocycles. The molecule has 1 amide bonds.